The Hall–Kier alpha value is -3.29. The van der Waals surface area contributed by atoms with Crippen molar-refractivity contribution in [2.75, 3.05) is 24.6 Å². The maximum absolute atomic E-state index is 13.4. The highest BCUT2D eigenvalue weighted by molar-refractivity contribution is 5.82. The van der Waals surface area contributed by atoms with E-state index in [1.807, 2.05) is 30.3 Å². The van der Waals surface area contributed by atoms with Crippen molar-refractivity contribution >= 4 is 22.8 Å². The summed E-state index contributed by atoms with van der Waals surface area (Å²) >= 11 is 0. The Balaban J connectivity index is 2.04. The maximum atomic E-state index is 13.4. The van der Waals surface area contributed by atoms with E-state index in [-0.39, 0.29) is 19.7 Å². The number of rotatable bonds is 10. The molecule has 3 aromatic rings. The van der Waals surface area contributed by atoms with Crippen LogP contribution in [0.25, 0.3) is 10.9 Å². The minimum atomic E-state index is -4.47. The number of carbonyl (C=O) groups is 1. The normalized spacial score (nSPS) is 11.5. The van der Waals surface area contributed by atoms with E-state index >= 15 is 0 Å². The summed E-state index contributed by atoms with van der Waals surface area (Å²) in [6.07, 6.45) is -3.02. The third kappa shape index (κ3) is 6.89. The van der Waals surface area contributed by atoms with Crippen LogP contribution in [-0.4, -0.2) is 35.7 Å². The zero-order chi connectivity index (χ0) is 26.3. The van der Waals surface area contributed by atoms with E-state index < -0.39 is 17.8 Å². The number of para-hydroxylation sites is 1. The molecule has 36 heavy (non-hydrogen) atoms. The van der Waals surface area contributed by atoms with Gasteiger partial charge in [0.15, 0.2) is 0 Å². The topological polar surface area (TPSA) is 45.7 Å². The molecule has 0 bridgehead atoms. The minimum Gasteiger partial charge on any atom is -0.450 e. The van der Waals surface area contributed by atoms with Gasteiger partial charge in [-0.2, -0.15) is 13.2 Å². The number of amides is 1. The van der Waals surface area contributed by atoms with Crippen LogP contribution in [0.15, 0.2) is 48.5 Å². The number of aromatic nitrogens is 1. The number of anilines is 1. The molecule has 0 spiro atoms. The van der Waals surface area contributed by atoms with Crippen molar-refractivity contribution in [3.63, 3.8) is 0 Å². The van der Waals surface area contributed by atoms with Crippen molar-refractivity contribution in [3.05, 3.63) is 70.8 Å². The highest BCUT2D eigenvalue weighted by atomic mass is 19.4. The Morgan fingerprint density at radius 2 is 1.78 bits per heavy atom. The molecule has 0 saturated carbocycles. The highest BCUT2D eigenvalue weighted by Crippen LogP contribution is 2.31. The Morgan fingerprint density at radius 3 is 2.44 bits per heavy atom. The van der Waals surface area contributed by atoms with Gasteiger partial charge in [-0.25, -0.2) is 9.78 Å². The largest absolute Gasteiger partial charge is 0.450 e. The van der Waals surface area contributed by atoms with E-state index in [4.69, 9.17) is 9.72 Å². The average Bonchev–Trinajstić information content (AvgIpc) is 2.83. The molecule has 0 radical (unpaired) electrons. The number of nitrogens with zero attached hydrogens (tertiary/aromatic N) is 3. The first-order valence-corrected chi connectivity index (χ1v) is 12.4. The van der Waals surface area contributed by atoms with Crippen molar-refractivity contribution in [1.29, 1.82) is 0 Å². The number of ether oxygens (including phenoxy) is 1. The molecule has 3 rings (SSSR count). The van der Waals surface area contributed by atoms with Crippen molar-refractivity contribution in [2.24, 2.45) is 0 Å². The molecule has 0 atom stereocenters. The van der Waals surface area contributed by atoms with Crippen molar-refractivity contribution in [3.8, 4) is 0 Å². The first-order valence-electron chi connectivity index (χ1n) is 12.4. The zero-order valence-corrected chi connectivity index (χ0v) is 21.4. The van der Waals surface area contributed by atoms with Gasteiger partial charge in [0.2, 0.25) is 0 Å². The van der Waals surface area contributed by atoms with E-state index in [9.17, 15) is 18.0 Å². The Kier molecular flexibility index (Phi) is 9.18. The molecule has 0 aliphatic carbocycles. The molecule has 0 aliphatic rings. The lowest BCUT2D eigenvalue weighted by Crippen LogP contribution is -2.33. The van der Waals surface area contributed by atoms with E-state index in [0.717, 1.165) is 60.3 Å². The molecule has 0 unspecified atom stereocenters. The summed E-state index contributed by atoms with van der Waals surface area (Å²) in [5.74, 6) is 0.777. The van der Waals surface area contributed by atoms with Gasteiger partial charge >= 0.3 is 12.3 Å². The summed E-state index contributed by atoms with van der Waals surface area (Å²) in [5.41, 5.74) is 1.81. The van der Waals surface area contributed by atoms with Gasteiger partial charge in [-0.3, -0.25) is 4.90 Å². The van der Waals surface area contributed by atoms with Crippen molar-refractivity contribution in [2.45, 2.75) is 59.8 Å². The fourth-order valence-corrected chi connectivity index (χ4v) is 4.25. The maximum Gasteiger partial charge on any atom is 0.416 e. The lowest BCUT2D eigenvalue weighted by molar-refractivity contribution is -0.137. The molecule has 0 aliphatic heterocycles. The number of aryl methyl sites for hydroxylation is 1. The van der Waals surface area contributed by atoms with Gasteiger partial charge in [-0.05, 0) is 57.0 Å². The summed E-state index contributed by atoms with van der Waals surface area (Å²) in [6, 6.07) is 13.7. The Bertz CT molecular complexity index is 1180. The van der Waals surface area contributed by atoms with Crippen LogP contribution in [0.5, 0.6) is 0 Å². The SMILES string of the molecule is CCCCN(CC)c1nc2ccccc2cc1CN(Cc1cc(C)cc(C(F)(F)F)c1)C(=O)OCC. The highest BCUT2D eigenvalue weighted by Gasteiger charge is 2.31. The number of pyridine rings is 1. The van der Waals surface area contributed by atoms with Gasteiger partial charge in [-0.1, -0.05) is 43.2 Å². The summed E-state index contributed by atoms with van der Waals surface area (Å²) in [5, 5.41) is 0.932. The minimum absolute atomic E-state index is 0.0169. The molecule has 8 heteroatoms. The van der Waals surface area contributed by atoms with Crippen LogP contribution in [0, 0.1) is 6.92 Å². The number of alkyl halides is 3. The van der Waals surface area contributed by atoms with Crippen LogP contribution in [0.1, 0.15) is 55.9 Å². The standard InChI is InChI=1S/C28H34F3N3O2/c1-5-8-13-33(6-2)26-23(17-22-11-9-10-12-25(22)32-26)19-34(27(35)36-7-3)18-21-14-20(4)15-24(16-21)28(29,30)31/h9-12,14-17H,5-8,13,18-19H2,1-4H3. The van der Waals surface area contributed by atoms with Gasteiger partial charge in [0.05, 0.1) is 24.2 Å². The van der Waals surface area contributed by atoms with Crippen LogP contribution >= 0.6 is 0 Å². The molecular formula is C28H34F3N3O2. The van der Waals surface area contributed by atoms with E-state index in [0.29, 0.717) is 11.1 Å². The van der Waals surface area contributed by atoms with Gasteiger partial charge in [0.1, 0.15) is 5.82 Å². The molecule has 0 N–H and O–H groups in total. The lowest BCUT2D eigenvalue weighted by Gasteiger charge is -2.28. The van der Waals surface area contributed by atoms with Crippen molar-refractivity contribution < 1.29 is 22.7 Å². The van der Waals surface area contributed by atoms with Crippen LogP contribution < -0.4 is 4.90 Å². The smallest absolute Gasteiger partial charge is 0.416 e. The average molecular weight is 502 g/mol. The van der Waals surface area contributed by atoms with Crippen LogP contribution in [0.2, 0.25) is 0 Å². The van der Waals surface area contributed by atoms with Crippen LogP contribution in [-0.2, 0) is 24.0 Å². The second-order valence-electron chi connectivity index (χ2n) is 8.86. The predicted molar refractivity (Wildman–Crippen MR) is 137 cm³/mol. The number of halogens is 3. The van der Waals surface area contributed by atoms with Gasteiger partial charge in [-0.15, -0.1) is 0 Å². The Morgan fingerprint density at radius 1 is 1.03 bits per heavy atom. The zero-order valence-electron chi connectivity index (χ0n) is 21.4. The molecule has 194 valence electrons. The quantitative estimate of drug-likeness (QED) is 0.291. The Labute approximate surface area is 210 Å². The molecule has 0 saturated heterocycles. The molecular weight excluding hydrogens is 467 g/mol. The second kappa shape index (κ2) is 12.1. The van der Waals surface area contributed by atoms with E-state index in [2.05, 4.69) is 18.7 Å². The van der Waals surface area contributed by atoms with E-state index in [1.54, 1.807) is 19.9 Å². The summed E-state index contributed by atoms with van der Waals surface area (Å²) < 4.78 is 45.6. The lowest BCUT2D eigenvalue weighted by atomic mass is 10.1. The fraction of sp³-hybridized carbons (Fsp3) is 0.429. The van der Waals surface area contributed by atoms with E-state index in [1.165, 1.54) is 4.90 Å². The number of hydrogen-bond acceptors (Lipinski definition) is 4. The number of unbranched alkanes of at least 4 members (excludes halogenated alkanes) is 1. The number of carbonyl (C=O) groups excluding carboxylic acids is 1. The fourth-order valence-electron chi connectivity index (χ4n) is 4.25. The molecule has 5 nitrogen and oxygen atoms in total. The predicted octanol–water partition coefficient (Wildman–Crippen LogP) is 7.35. The monoisotopic (exact) mass is 501 g/mol. The second-order valence-corrected chi connectivity index (χ2v) is 8.86. The summed E-state index contributed by atoms with van der Waals surface area (Å²) in [4.78, 5) is 21.5. The number of hydrogen-bond donors (Lipinski definition) is 0. The van der Waals surface area contributed by atoms with Gasteiger partial charge in [0.25, 0.3) is 0 Å². The van der Waals surface area contributed by atoms with Crippen LogP contribution in [0.3, 0.4) is 0 Å². The van der Waals surface area contributed by atoms with Crippen molar-refractivity contribution in [1.82, 2.24) is 9.88 Å². The molecule has 0 fully saturated rings. The first-order chi connectivity index (χ1) is 17.2. The molecule has 1 amide bonds. The molecule has 1 aromatic heterocycles. The number of benzene rings is 2. The van der Waals surface area contributed by atoms with Gasteiger partial charge in [0, 0.05) is 30.6 Å². The number of fused-ring (bicyclic) bond motifs is 1. The molecule has 2 aromatic carbocycles. The third-order valence-electron chi connectivity index (χ3n) is 5.97. The first kappa shape index (κ1) is 27.3. The molecule has 1 heterocycles. The van der Waals surface area contributed by atoms with Crippen LogP contribution in [0.4, 0.5) is 23.8 Å². The van der Waals surface area contributed by atoms with Gasteiger partial charge < -0.3 is 9.64 Å². The third-order valence-corrected chi connectivity index (χ3v) is 5.97. The summed E-state index contributed by atoms with van der Waals surface area (Å²) in [6.45, 7) is 9.37. The summed E-state index contributed by atoms with van der Waals surface area (Å²) in [7, 11) is 0.